The number of alkyl halides is 1. The first-order valence-corrected chi connectivity index (χ1v) is 6.08. The molecular weight excluding hydrogens is 293 g/mol. The number of halogens is 2. The van der Waals surface area contributed by atoms with E-state index in [1.165, 1.54) is 10.6 Å². The zero-order valence-corrected chi connectivity index (χ0v) is 10.5. The second-order valence-corrected chi connectivity index (χ2v) is 4.29. The van der Waals surface area contributed by atoms with E-state index < -0.39 is 0 Å². The van der Waals surface area contributed by atoms with Crippen LogP contribution in [0.15, 0.2) is 30.3 Å². The van der Waals surface area contributed by atoms with Crippen LogP contribution in [0.5, 0.6) is 11.8 Å². The molecule has 0 aliphatic carbocycles. The topological polar surface area (TPSA) is 45.4 Å². The Morgan fingerprint density at radius 3 is 2.31 bits per heavy atom. The van der Waals surface area contributed by atoms with Gasteiger partial charge in [0.15, 0.2) is 5.88 Å². The molecule has 0 atom stereocenters. The number of aromatic nitrogens is 1. The van der Waals surface area contributed by atoms with E-state index in [0.29, 0.717) is 21.6 Å². The molecule has 5 heteroatoms. The number of aromatic hydroxyl groups is 2. The van der Waals surface area contributed by atoms with Gasteiger partial charge in [0.2, 0.25) is 5.88 Å². The highest BCUT2D eigenvalue weighted by Crippen LogP contribution is 2.32. The normalized spacial score (nSPS) is 10.6. The quantitative estimate of drug-likeness (QED) is 0.835. The molecule has 0 saturated carbocycles. The molecule has 84 valence electrons. The Bertz CT molecular complexity index is 507. The molecule has 0 bridgehead atoms. The van der Waals surface area contributed by atoms with Crippen molar-refractivity contribution in [2.24, 2.45) is 0 Å². The van der Waals surface area contributed by atoms with E-state index in [-0.39, 0.29) is 11.8 Å². The Labute approximate surface area is 106 Å². The third-order valence-electron chi connectivity index (χ3n) is 2.26. The first-order chi connectivity index (χ1) is 7.63. The van der Waals surface area contributed by atoms with E-state index in [1.54, 1.807) is 24.3 Å². The first-order valence-electron chi connectivity index (χ1n) is 4.58. The highest BCUT2D eigenvalue weighted by Gasteiger charge is 2.14. The van der Waals surface area contributed by atoms with Gasteiger partial charge in [-0.15, -0.1) is 0 Å². The first kappa shape index (κ1) is 11.4. The fraction of sp³-hybridized carbons (Fsp3) is 0.0909. The molecule has 0 aliphatic heterocycles. The zero-order valence-electron chi connectivity index (χ0n) is 8.19. The SMILES string of the molecule is Oc1cc(CBr)c(O)n1-c1ccc(Cl)cc1. The molecule has 0 aliphatic rings. The molecule has 0 unspecified atom stereocenters. The largest absolute Gasteiger partial charge is 0.494 e. The summed E-state index contributed by atoms with van der Waals surface area (Å²) in [7, 11) is 0. The van der Waals surface area contributed by atoms with E-state index in [0.717, 1.165) is 0 Å². The van der Waals surface area contributed by atoms with Crippen LogP contribution < -0.4 is 0 Å². The highest BCUT2D eigenvalue weighted by atomic mass is 79.9. The third kappa shape index (κ3) is 1.90. The van der Waals surface area contributed by atoms with Gasteiger partial charge in [-0.25, -0.2) is 0 Å². The Morgan fingerprint density at radius 1 is 1.19 bits per heavy atom. The van der Waals surface area contributed by atoms with Crippen molar-refractivity contribution in [2.45, 2.75) is 5.33 Å². The van der Waals surface area contributed by atoms with Crippen LogP contribution in [0.4, 0.5) is 0 Å². The second-order valence-electron chi connectivity index (χ2n) is 3.30. The summed E-state index contributed by atoms with van der Waals surface area (Å²) in [6.07, 6.45) is 0. The van der Waals surface area contributed by atoms with Gasteiger partial charge >= 0.3 is 0 Å². The Balaban J connectivity index is 2.55. The Kier molecular flexibility index (Phi) is 3.12. The van der Waals surface area contributed by atoms with Crippen LogP contribution in [-0.4, -0.2) is 14.8 Å². The van der Waals surface area contributed by atoms with Crippen LogP contribution in [-0.2, 0) is 5.33 Å². The van der Waals surface area contributed by atoms with E-state index in [2.05, 4.69) is 15.9 Å². The minimum Gasteiger partial charge on any atom is -0.494 e. The summed E-state index contributed by atoms with van der Waals surface area (Å²) in [6, 6.07) is 8.35. The maximum absolute atomic E-state index is 9.87. The van der Waals surface area contributed by atoms with Crippen molar-refractivity contribution in [3.8, 4) is 17.4 Å². The van der Waals surface area contributed by atoms with Gasteiger partial charge < -0.3 is 10.2 Å². The average molecular weight is 303 g/mol. The van der Waals surface area contributed by atoms with Gasteiger partial charge in [0, 0.05) is 22.0 Å². The smallest absolute Gasteiger partial charge is 0.202 e. The number of rotatable bonds is 2. The summed E-state index contributed by atoms with van der Waals surface area (Å²) in [5, 5.41) is 20.7. The van der Waals surface area contributed by atoms with Crippen LogP contribution in [0, 0.1) is 0 Å². The van der Waals surface area contributed by atoms with Gasteiger partial charge in [0.05, 0.1) is 5.69 Å². The molecule has 2 aromatic rings. The monoisotopic (exact) mass is 301 g/mol. The minimum absolute atomic E-state index is 0.00530. The van der Waals surface area contributed by atoms with Crippen molar-refractivity contribution in [2.75, 3.05) is 0 Å². The Morgan fingerprint density at radius 2 is 1.81 bits per heavy atom. The highest BCUT2D eigenvalue weighted by molar-refractivity contribution is 9.08. The molecule has 1 aromatic carbocycles. The van der Waals surface area contributed by atoms with Gasteiger partial charge in [-0.1, -0.05) is 27.5 Å². The van der Waals surface area contributed by atoms with Crippen molar-refractivity contribution in [3.63, 3.8) is 0 Å². The average Bonchev–Trinajstić information content (AvgIpc) is 2.56. The molecule has 1 aromatic heterocycles. The molecule has 16 heavy (non-hydrogen) atoms. The zero-order chi connectivity index (χ0) is 11.7. The fourth-order valence-corrected chi connectivity index (χ4v) is 2.02. The second kappa shape index (κ2) is 4.39. The summed E-state index contributed by atoms with van der Waals surface area (Å²) in [4.78, 5) is 0. The Hall–Kier alpha value is -1.13. The van der Waals surface area contributed by atoms with E-state index in [4.69, 9.17) is 11.6 Å². The van der Waals surface area contributed by atoms with Crippen molar-refractivity contribution in [1.29, 1.82) is 0 Å². The van der Waals surface area contributed by atoms with E-state index in [9.17, 15) is 10.2 Å². The predicted molar refractivity (Wildman–Crippen MR) is 66.7 cm³/mol. The molecule has 0 radical (unpaired) electrons. The van der Waals surface area contributed by atoms with Crippen molar-refractivity contribution in [3.05, 3.63) is 40.9 Å². The van der Waals surface area contributed by atoms with Crippen LogP contribution >= 0.6 is 27.5 Å². The number of hydrogen-bond acceptors (Lipinski definition) is 2. The minimum atomic E-state index is -0.00530. The summed E-state index contributed by atoms with van der Waals surface area (Å²) in [5.41, 5.74) is 1.29. The summed E-state index contributed by atoms with van der Waals surface area (Å²) >= 11 is 9.00. The maximum atomic E-state index is 9.87. The maximum Gasteiger partial charge on any atom is 0.202 e. The van der Waals surface area contributed by atoms with E-state index >= 15 is 0 Å². The number of benzene rings is 1. The predicted octanol–water partition coefficient (Wildman–Crippen LogP) is 3.44. The van der Waals surface area contributed by atoms with Crippen LogP contribution in [0.25, 0.3) is 5.69 Å². The standard InChI is InChI=1S/C11H9BrClNO2/c12-6-7-5-10(15)14(11(7)16)9-3-1-8(13)2-4-9/h1-5,15-16H,6H2. The van der Waals surface area contributed by atoms with Crippen LogP contribution in [0.1, 0.15) is 5.56 Å². The van der Waals surface area contributed by atoms with E-state index in [1.807, 2.05) is 0 Å². The van der Waals surface area contributed by atoms with Crippen LogP contribution in [0.2, 0.25) is 5.02 Å². The molecule has 2 rings (SSSR count). The molecular formula is C11H9BrClNO2. The summed E-state index contributed by atoms with van der Waals surface area (Å²) in [6.45, 7) is 0. The number of nitrogens with zero attached hydrogens (tertiary/aromatic N) is 1. The van der Waals surface area contributed by atoms with Gasteiger partial charge in [0.1, 0.15) is 0 Å². The van der Waals surface area contributed by atoms with Crippen molar-refractivity contribution < 1.29 is 10.2 Å². The van der Waals surface area contributed by atoms with Crippen molar-refractivity contribution >= 4 is 27.5 Å². The summed E-state index contributed by atoms with van der Waals surface area (Å²) in [5.74, 6) is 0.0194. The van der Waals surface area contributed by atoms with Gasteiger partial charge in [-0.2, -0.15) is 0 Å². The molecule has 1 heterocycles. The lowest BCUT2D eigenvalue weighted by Gasteiger charge is -2.06. The van der Waals surface area contributed by atoms with Gasteiger partial charge in [-0.05, 0) is 24.3 Å². The molecule has 2 N–H and O–H groups in total. The molecule has 3 nitrogen and oxygen atoms in total. The lowest BCUT2D eigenvalue weighted by molar-refractivity contribution is 0.401. The molecule has 0 amide bonds. The molecule has 0 fully saturated rings. The van der Waals surface area contributed by atoms with Crippen LogP contribution in [0.3, 0.4) is 0 Å². The molecule has 0 spiro atoms. The third-order valence-corrected chi connectivity index (χ3v) is 3.12. The van der Waals surface area contributed by atoms with Gasteiger partial charge in [0.25, 0.3) is 0 Å². The van der Waals surface area contributed by atoms with Gasteiger partial charge in [-0.3, -0.25) is 4.57 Å². The fourth-order valence-electron chi connectivity index (χ4n) is 1.48. The summed E-state index contributed by atoms with van der Waals surface area (Å²) < 4.78 is 1.35. The van der Waals surface area contributed by atoms with Crippen molar-refractivity contribution in [1.82, 2.24) is 4.57 Å². The molecule has 0 saturated heterocycles. The number of hydrogen-bond donors (Lipinski definition) is 2. The lowest BCUT2D eigenvalue weighted by atomic mass is 10.3. The lowest BCUT2D eigenvalue weighted by Crippen LogP contribution is -1.92.